The third kappa shape index (κ3) is 1.16. The third-order valence-corrected chi connectivity index (χ3v) is 3.77. The van der Waals surface area contributed by atoms with Gasteiger partial charge in [-0.3, -0.25) is 0 Å². The van der Waals surface area contributed by atoms with E-state index in [4.69, 9.17) is 11.5 Å². The van der Waals surface area contributed by atoms with Gasteiger partial charge in [0.1, 0.15) is 0 Å². The third-order valence-electron chi connectivity index (χ3n) is 1.17. The normalized spacial score (nSPS) is 42.0. The quantitative estimate of drug-likeness (QED) is 0.461. The van der Waals surface area contributed by atoms with Crippen LogP contribution in [0.5, 0.6) is 0 Å². The van der Waals surface area contributed by atoms with Gasteiger partial charge in [-0.2, -0.15) is 0 Å². The molecule has 42 valence electrons. The maximum absolute atomic E-state index is 5.57. The summed E-state index contributed by atoms with van der Waals surface area (Å²) in [5, 5.41) is 2.38. The summed E-state index contributed by atoms with van der Waals surface area (Å²) in [6.07, 6.45) is 0. The van der Waals surface area contributed by atoms with Crippen LogP contribution in [0.2, 0.25) is 10.6 Å². The van der Waals surface area contributed by atoms with Crippen molar-refractivity contribution in [2.24, 2.45) is 11.5 Å². The Hall–Kier alpha value is 0.439. The van der Waals surface area contributed by atoms with E-state index in [1.807, 2.05) is 0 Å². The van der Waals surface area contributed by atoms with Crippen molar-refractivity contribution in [1.29, 1.82) is 0 Å². The van der Waals surface area contributed by atoms with E-state index < -0.39 is 0 Å². The van der Waals surface area contributed by atoms with Crippen LogP contribution in [0.1, 0.15) is 0 Å². The molecule has 1 fully saturated rings. The number of hydrogen-bond donors (Lipinski definition) is 2. The summed E-state index contributed by atoms with van der Waals surface area (Å²) >= 11 is 0.763. The van der Waals surface area contributed by atoms with E-state index in [1.54, 1.807) is 0 Å². The standard InChI is InChI=1S/C4H10N2Se/c5-3-1-7-2-4(3)6/h3-4H,1-2,5-6H2/t3-,4+. The van der Waals surface area contributed by atoms with Crippen molar-refractivity contribution in [3.05, 3.63) is 0 Å². The number of rotatable bonds is 0. The van der Waals surface area contributed by atoms with Gasteiger partial charge in [0.25, 0.3) is 0 Å². The van der Waals surface area contributed by atoms with Crippen molar-refractivity contribution in [2.75, 3.05) is 0 Å². The van der Waals surface area contributed by atoms with E-state index in [0.717, 1.165) is 15.0 Å². The van der Waals surface area contributed by atoms with Gasteiger partial charge in [-0.25, -0.2) is 0 Å². The summed E-state index contributed by atoms with van der Waals surface area (Å²) in [5.41, 5.74) is 11.1. The fourth-order valence-corrected chi connectivity index (χ4v) is 3.05. The Labute approximate surface area is 49.8 Å². The van der Waals surface area contributed by atoms with E-state index in [0.29, 0.717) is 12.1 Å². The molecule has 2 nitrogen and oxygen atoms in total. The fraction of sp³-hybridized carbons (Fsp3) is 1.00. The average Bonchev–Trinajstić information content (AvgIpc) is 1.91. The summed E-state index contributed by atoms with van der Waals surface area (Å²) in [5.74, 6) is 0. The molecular formula is C4H10N2Se. The predicted molar refractivity (Wildman–Crippen MR) is 31.3 cm³/mol. The first-order valence-corrected chi connectivity index (χ1v) is 4.82. The van der Waals surface area contributed by atoms with Crippen LogP contribution < -0.4 is 11.5 Å². The molecule has 1 aliphatic rings. The summed E-state index contributed by atoms with van der Waals surface area (Å²) in [7, 11) is 0. The van der Waals surface area contributed by atoms with E-state index >= 15 is 0 Å². The van der Waals surface area contributed by atoms with Gasteiger partial charge >= 0.3 is 49.1 Å². The fourth-order valence-electron chi connectivity index (χ4n) is 0.587. The monoisotopic (exact) mass is 166 g/mol. The van der Waals surface area contributed by atoms with Gasteiger partial charge in [0.15, 0.2) is 0 Å². The van der Waals surface area contributed by atoms with Crippen LogP contribution in [-0.4, -0.2) is 27.0 Å². The Morgan fingerprint density at radius 1 is 1.14 bits per heavy atom. The molecule has 0 unspecified atom stereocenters. The van der Waals surface area contributed by atoms with Gasteiger partial charge in [0.2, 0.25) is 0 Å². The Morgan fingerprint density at radius 2 is 1.57 bits per heavy atom. The molecule has 1 saturated heterocycles. The van der Waals surface area contributed by atoms with E-state index in [-0.39, 0.29) is 0 Å². The summed E-state index contributed by atoms with van der Waals surface area (Å²) in [6.45, 7) is 0. The molecule has 0 aromatic carbocycles. The zero-order valence-electron chi connectivity index (χ0n) is 4.13. The first-order chi connectivity index (χ1) is 3.30. The van der Waals surface area contributed by atoms with Crippen molar-refractivity contribution in [1.82, 2.24) is 0 Å². The molecule has 0 bridgehead atoms. The van der Waals surface area contributed by atoms with Gasteiger partial charge < -0.3 is 0 Å². The van der Waals surface area contributed by atoms with Crippen LogP contribution in [0.25, 0.3) is 0 Å². The average molecular weight is 165 g/mol. The molecule has 7 heavy (non-hydrogen) atoms. The Kier molecular flexibility index (Phi) is 1.70. The van der Waals surface area contributed by atoms with Crippen LogP contribution in [0.15, 0.2) is 0 Å². The Balaban J connectivity index is 2.33. The maximum atomic E-state index is 5.57. The molecule has 3 heteroatoms. The Bertz CT molecular complexity index is 58.7. The molecule has 0 spiro atoms. The van der Waals surface area contributed by atoms with Gasteiger partial charge in [-0.15, -0.1) is 0 Å². The van der Waals surface area contributed by atoms with Crippen LogP contribution in [0.3, 0.4) is 0 Å². The van der Waals surface area contributed by atoms with E-state index in [1.165, 1.54) is 10.6 Å². The van der Waals surface area contributed by atoms with Gasteiger partial charge in [-0.1, -0.05) is 0 Å². The number of nitrogens with two attached hydrogens (primary N) is 2. The number of hydrogen-bond acceptors (Lipinski definition) is 2. The van der Waals surface area contributed by atoms with Crippen molar-refractivity contribution in [2.45, 2.75) is 22.7 Å². The van der Waals surface area contributed by atoms with Crippen molar-refractivity contribution >= 4 is 15.0 Å². The second-order valence-electron chi connectivity index (χ2n) is 1.87. The van der Waals surface area contributed by atoms with Crippen LogP contribution >= 0.6 is 0 Å². The summed E-state index contributed by atoms with van der Waals surface area (Å²) < 4.78 is 0. The SMILES string of the molecule is N[C@@H]1C[Se]C[C@@H]1N. The molecule has 0 saturated carbocycles. The minimum absolute atomic E-state index is 0.319. The first-order valence-electron chi connectivity index (χ1n) is 2.39. The van der Waals surface area contributed by atoms with E-state index in [9.17, 15) is 0 Å². The van der Waals surface area contributed by atoms with Gasteiger partial charge in [-0.05, 0) is 0 Å². The molecule has 1 aliphatic heterocycles. The topological polar surface area (TPSA) is 52.0 Å². The van der Waals surface area contributed by atoms with Crippen LogP contribution in [0, 0.1) is 0 Å². The van der Waals surface area contributed by atoms with Crippen LogP contribution in [-0.2, 0) is 0 Å². The molecule has 1 rings (SSSR count). The molecule has 0 aromatic heterocycles. The molecule has 0 radical (unpaired) electrons. The molecule has 2 atom stereocenters. The van der Waals surface area contributed by atoms with Crippen molar-refractivity contribution in [3.8, 4) is 0 Å². The second-order valence-corrected chi connectivity index (χ2v) is 4.12. The Morgan fingerprint density at radius 3 is 1.71 bits per heavy atom. The summed E-state index contributed by atoms with van der Waals surface area (Å²) in [4.78, 5) is 0. The van der Waals surface area contributed by atoms with Crippen LogP contribution in [0.4, 0.5) is 0 Å². The molecule has 0 aliphatic carbocycles. The predicted octanol–water partition coefficient (Wildman–Crippen LogP) is -0.805. The molecule has 0 aromatic rings. The molecule has 4 N–H and O–H groups in total. The van der Waals surface area contributed by atoms with Crippen molar-refractivity contribution in [3.63, 3.8) is 0 Å². The minimum atomic E-state index is 0.319. The summed E-state index contributed by atoms with van der Waals surface area (Å²) in [6, 6.07) is 0.639. The first kappa shape index (κ1) is 5.57. The van der Waals surface area contributed by atoms with E-state index in [2.05, 4.69) is 0 Å². The molecule has 1 heterocycles. The molecule has 0 amide bonds. The zero-order chi connectivity index (χ0) is 5.28. The van der Waals surface area contributed by atoms with Gasteiger partial charge in [0, 0.05) is 0 Å². The van der Waals surface area contributed by atoms with Crippen molar-refractivity contribution < 1.29 is 0 Å². The second kappa shape index (κ2) is 2.14. The zero-order valence-corrected chi connectivity index (χ0v) is 5.84. The molecular weight excluding hydrogens is 155 g/mol. The van der Waals surface area contributed by atoms with Gasteiger partial charge in [0.05, 0.1) is 0 Å².